The second-order valence-electron chi connectivity index (χ2n) is 4.85. The van der Waals surface area contributed by atoms with Crippen molar-refractivity contribution < 1.29 is 9.13 Å². The van der Waals surface area contributed by atoms with Crippen molar-refractivity contribution in [2.45, 2.75) is 28.0 Å². The predicted octanol–water partition coefficient (Wildman–Crippen LogP) is 5.18. The zero-order valence-corrected chi connectivity index (χ0v) is 12.0. The van der Waals surface area contributed by atoms with Gasteiger partial charge in [0.25, 0.3) is 0 Å². The summed E-state index contributed by atoms with van der Waals surface area (Å²) >= 11 is 5.95. The highest BCUT2D eigenvalue weighted by Gasteiger charge is 2.10. The molecule has 0 atom stereocenters. The molecule has 0 N–H and O–H groups in total. The second kappa shape index (κ2) is 6.80. The first-order chi connectivity index (χ1) is 8.97. The molecule has 20 heavy (non-hydrogen) atoms. The first-order valence-corrected chi connectivity index (χ1v) is 6.58. The third-order valence-electron chi connectivity index (χ3n) is 2.96. The fourth-order valence-electron chi connectivity index (χ4n) is 1.86. The van der Waals surface area contributed by atoms with Crippen LogP contribution in [0.1, 0.15) is 13.0 Å². The van der Waals surface area contributed by atoms with E-state index in [1.165, 1.54) is 6.07 Å². The summed E-state index contributed by atoms with van der Waals surface area (Å²) in [5.74, 6) is 0.903. The van der Waals surface area contributed by atoms with Crippen molar-refractivity contribution in [2.24, 2.45) is 0 Å². The molecule has 0 aliphatic carbocycles. The van der Waals surface area contributed by atoms with E-state index < -0.39 is 0 Å². The van der Waals surface area contributed by atoms with Crippen LogP contribution >= 0.6 is 11.6 Å². The summed E-state index contributed by atoms with van der Waals surface area (Å²) in [6, 6.07) is 10.3. The molecule has 2 aromatic rings. The van der Waals surface area contributed by atoms with Gasteiger partial charge in [0.2, 0.25) is 0 Å². The smallest absolute Gasteiger partial charge is 0.173 e. The lowest BCUT2D eigenvalue weighted by Gasteiger charge is -2.10. The molecule has 1 nitrogen and oxygen atoms in total. The Labute approximate surface area is 125 Å². The third-order valence-corrected chi connectivity index (χ3v) is 3.38. The Kier molecular flexibility index (Phi) is 5.64. The average Bonchev–Trinajstić information content (AvgIpc) is 2.33. The van der Waals surface area contributed by atoms with Crippen LogP contribution in [0.15, 0.2) is 36.4 Å². The van der Waals surface area contributed by atoms with Gasteiger partial charge in [0, 0.05) is 11.1 Å². The van der Waals surface area contributed by atoms with Crippen molar-refractivity contribution in [3.63, 3.8) is 0 Å². The van der Waals surface area contributed by atoms with Gasteiger partial charge in [-0.1, -0.05) is 38.7 Å². The first-order valence-electron chi connectivity index (χ1n) is 6.21. The normalized spacial score (nSPS) is 9.85. The molecule has 106 valence electrons. The highest BCUT2D eigenvalue weighted by molar-refractivity contribution is 6.70. The Morgan fingerprint density at radius 2 is 1.65 bits per heavy atom. The molecule has 0 bridgehead atoms. The SMILES string of the molecule is C.CB(C)c1ccc(Oc2ccc(Cl)c(C)c2)cc1F. The molecule has 0 radical (unpaired) electrons. The van der Waals surface area contributed by atoms with Crippen molar-refractivity contribution in [1.82, 2.24) is 0 Å². The van der Waals surface area contributed by atoms with Crippen LogP contribution in [0, 0.1) is 12.7 Å². The zero-order chi connectivity index (χ0) is 14.0. The van der Waals surface area contributed by atoms with Gasteiger partial charge in [-0.25, -0.2) is 4.39 Å². The summed E-state index contributed by atoms with van der Waals surface area (Å²) in [5.41, 5.74) is 1.62. The molecule has 0 aliphatic rings. The van der Waals surface area contributed by atoms with E-state index in [4.69, 9.17) is 16.3 Å². The van der Waals surface area contributed by atoms with Crippen molar-refractivity contribution in [2.75, 3.05) is 0 Å². The van der Waals surface area contributed by atoms with Crippen LogP contribution in [0.2, 0.25) is 18.7 Å². The lowest BCUT2D eigenvalue weighted by molar-refractivity contribution is 0.477. The minimum Gasteiger partial charge on any atom is -0.457 e. The molecule has 0 amide bonds. The van der Waals surface area contributed by atoms with Gasteiger partial charge in [-0.15, -0.1) is 0 Å². The largest absolute Gasteiger partial charge is 0.457 e. The van der Waals surface area contributed by atoms with Crippen LogP contribution in [0.3, 0.4) is 0 Å². The molecule has 0 heterocycles. The summed E-state index contributed by atoms with van der Waals surface area (Å²) in [5, 5.41) is 0.689. The van der Waals surface area contributed by atoms with Crippen LogP contribution in [-0.2, 0) is 0 Å². The highest BCUT2D eigenvalue weighted by atomic mass is 35.5. The Morgan fingerprint density at radius 3 is 2.20 bits per heavy atom. The Balaban J connectivity index is 0.00000200. The fraction of sp³-hybridized carbons (Fsp3) is 0.250. The van der Waals surface area contributed by atoms with Crippen LogP contribution in [-0.4, -0.2) is 6.71 Å². The summed E-state index contributed by atoms with van der Waals surface area (Å²) in [6.07, 6.45) is 0. The summed E-state index contributed by atoms with van der Waals surface area (Å²) in [4.78, 5) is 0. The van der Waals surface area contributed by atoms with Gasteiger partial charge in [-0.3, -0.25) is 0 Å². The molecule has 0 saturated heterocycles. The standard InChI is InChI=1S/C15H15BClFO.CH4/c1-10-8-11(5-7-14(10)17)19-12-4-6-13(16(2)3)15(18)9-12;/h4-9H,1-3H3;1H4. The van der Waals surface area contributed by atoms with E-state index in [9.17, 15) is 4.39 Å². The molecule has 0 aliphatic heterocycles. The van der Waals surface area contributed by atoms with Crippen molar-refractivity contribution in [3.8, 4) is 11.5 Å². The lowest BCUT2D eigenvalue weighted by atomic mass is 9.49. The first kappa shape index (κ1) is 16.6. The van der Waals surface area contributed by atoms with Gasteiger partial charge in [0.1, 0.15) is 17.3 Å². The van der Waals surface area contributed by atoms with Gasteiger partial charge >= 0.3 is 0 Å². The lowest BCUT2D eigenvalue weighted by Crippen LogP contribution is -2.25. The van der Waals surface area contributed by atoms with Crippen molar-refractivity contribution in [3.05, 3.63) is 52.8 Å². The van der Waals surface area contributed by atoms with Crippen LogP contribution in [0.5, 0.6) is 11.5 Å². The van der Waals surface area contributed by atoms with E-state index in [0.29, 0.717) is 22.0 Å². The minimum atomic E-state index is -0.238. The Bertz CT molecular complexity index is 599. The van der Waals surface area contributed by atoms with Crippen molar-refractivity contribution >= 4 is 23.8 Å². The molecule has 4 heteroatoms. The van der Waals surface area contributed by atoms with Crippen LogP contribution < -0.4 is 10.2 Å². The average molecular weight is 293 g/mol. The highest BCUT2D eigenvalue weighted by Crippen LogP contribution is 2.26. The molecular formula is C16H19BClFO. The molecule has 0 aromatic heterocycles. The van der Waals surface area contributed by atoms with Gasteiger partial charge < -0.3 is 4.74 Å². The molecule has 0 unspecified atom stereocenters. The number of ether oxygens (including phenoxy) is 1. The molecule has 0 fully saturated rings. The minimum absolute atomic E-state index is 0. The number of aryl methyl sites for hydroxylation is 1. The number of benzene rings is 2. The maximum absolute atomic E-state index is 13.8. The van der Waals surface area contributed by atoms with E-state index in [-0.39, 0.29) is 20.0 Å². The van der Waals surface area contributed by atoms with Crippen LogP contribution in [0.25, 0.3) is 0 Å². The number of hydrogen-bond donors (Lipinski definition) is 0. The monoisotopic (exact) mass is 292 g/mol. The van der Waals surface area contributed by atoms with E-state index in [2.05, 4.69) is 0 Å². The maximum Gasteiger partial charge on any atom is 0.173 e. The van der Waals surface area contributed by atoms with Gasteiger partial charge in [0.05, 0.1) is 0 Å². The van der Waals surface area contributed by atoms with Crippen molar-refractivity contribution in [1.29, 1.82) is 0 Å². The Morgan fingerprint density at radius 1 is 1.05 bits per heavy atom. The number of hydrogen-bond acceptors (Lipinski definition) is 1. The number of halogens is 2. The van der Waals surface area contributed by atoms with Gasteiger partial charge in [-0.05, 0) is 42.2 Å². The van der Waals surface area contributed by atoms with E-state index in [1.54, 1.807) is 24.3 Å². The van der Waals surface area contributed by atoms with Crippen LogP contribution in [0.4, 0.5) is 4.39 Å². The zero-order valence-electron chi connectivity index (χ0n) is 11.2. The Hall–Kier alpha value is -1.48. The van der Waals surface area contributed by atoms with E-state index in [0.717, 1.165) is 5.56 Å². The van der Waals surface area contributed by atoms with E-state index in [1.807, 2.05) is 26.6 Å². The molecule has 2 aromatic carbocycles. The maximum atomic E-state index is 13.8. The number of rotatable bonds is 3. The second-order valence-corrected chi connectivity index (χ2v) is 5.26. The fourth-order valence-corrected chi connectivity index (χ4v) is 1.97. The third kappa shape index (κ3) is 3.77. The molecule has 0 saturated carbocycles. The molecule has 2 rings (SSSR count). The predicted molar refractivity (Wildman–Crippen MR) is 86.5 cm³/mol. The van der Waals surface area contributed by atoms with Gasteiger partial charge in [0.15, 0.2) is 6.71 Å². The van der Waals surface area contributed by atoms with Gasteiger partial charge in [-0.2, -0.15) is 0 Å². The topological polar surface area (TPSA) is 9.23 Å². The summed E-state index contributed by atoms with van der Waals surface area (Å²) in [7, 11) is 0. The summed E-state index contributed by atoms with van der Waals surface area (Å²) < 4.78 is 19.5. The summed E-state index contributed by atoms with van der Waals surface area (Å²) in [6.45, 7) is 5.98. The molecular weight excluding hydrogens is 273 g/mol. The quantitative estimate of drug-likeness (QED) is 0.708. The van der Waals surface area contributed by atoms with E-state index >= 15 is 0 Å². The molecule has 0 spiro atoms.